The molecule has 3 aromatic rings. The lowest BCUT2D eigenvalue weighted by Gasteiger charge is -2.06. The Balaban J connectivity index is 1.58. The van der Waals surface area contributed by atoms with Crippen LogP contribution in [-0.4, -0.2) is 29.5 Å². The first-order valence-corrected chi connectivity index (χ1v) is 12.0. The second-order valence-electron chi connectivity index (χ2n) is 5.92. The van der Waals surface area contributed by atoms with Crippen LogP contribution in [0.3, 0.4) is 0 Å². The fraction of sp³-hybridized carbons (Fsp3) is 0.0556. The van der Waals surface area contributed by atoms with E-state index in [9.17, 15) is 21.6 Å². The topological polar surface area (TPSA) is 116 Å². The molecule has 1 aliphatic heterocycles. The minimum absolute atomic E-state index is 0.0204. The third kappa shape index (κ3) is 3.71. The summed E-state index contributed by atoms with van der Waals surface area (Å²) in [5, 5.41) is 1.22. The number of rotatable bonds is 5. The van der Waals surface area contributed by atoms with Crippen molar-refractivity contribution in [3.05, 3.63) is 65.5 Å². The van der Waals surface area contributed by atoms with Crippen LogP contribution in [0, 0.1) is 0 Å². The summed E-state index contributed by atoms with van der Waals surface area (Å²) in [5.41, 5.74) is 0.0616. The third-order valence-electron chi connectivity index (χ3n) is 4.04. The number of sulfonamides is 1. The lowest BCUT2D eigenvalue weighted by atomic mass is 10.2. The highest BCUT2D eigenvalue weighted by atomic mass is 32.2. The van der Waals surface area contributed by atoms with Crippen molar-refractivity contribution in [2.45, 2.75) is 14.0 Å². The number of fused-ring (bicyclic) bond motifs is 1. The molecule has 1 aromatic heterocycles. The number of hydrogen-bond acceptors (Lipinski definition) is 8. The number of hydrogen-bond donors (Lipinski definition) is 1. The summed E-state index contributed by atoms with van der Waals surface area (Å²) in [4.78, 5) is 12.2. The van der Waals surface area contributed by atoms with Gasteiger partial charge in [-0.25, -0.2) is 21.6 Å². The molecule has 0 atom stereocenters. The van der Waals surface area contributed by atoms with E-state index in [4.69, 9.17) is 9.47 Å². The summed E-state index contributed by atoms with van der Waals surface area (Å²) >= 11 is 0.709. The maximum atomic E-state index is 12.6. The van der Waals surface area contributed by atoms with E-state index in [0.717, 1.165) is 6.07 Å². The monoisotopic (exact) mass is 451 g/mol. The lowest BCUT2D eigenvalue weighted by Crippen LogP contribution is -2.30. The SMILES string of the molecule is O=C(NS(=O)(=O)c1cc(S(=O)(=O)c2ccccc2)cs1)c1ccc2c(c1)OCO2. The third-order valence-corrected chi connectivity index (χ3v) is 8.71. The van der Waals surface area contributed by atoms with Gasteiger partial charge in [-0.15, -0.1) is 11.3 Å². The van der Waals surface area contributed by atoms with Gasteiger partial charge in [-0.1, -0.05) is 18.2 Å². The molecule has 0 spiro atoms. The molecule has 0 saturated carbocycles. The first kappa shape index (κ1) is 19.4. The van der Waals surface area contributed by atoms with E-state index in [2.05, 4.69) is 0 Å². The van der Waals surface area contributed by atoms with Gasteiger partial charge in [0.1, 0.15) is 4.21 Å². The number of amides is 1. The van der Waals surface area contributed by atoms with Crippen molar-refractivity contribution in [2.75, 3.05) is 6.79 Å². The molecule has 1 aliphatic rings. The first-order chi connectivity index (χ1) is 13.8. The molecule has 1 N–H and O–H groups in total. The van der Waals surface area contributed by atoms with Gasteiger partial charge in [0, 0.05) is 10.9 Å². The zero-order valence-corrected chi connectivity index (χ0v) is 17.0. The van der Waals surface area contributed by atoms with Crippen molar-refractivity contribution < 1.29 is 31.1 Å². The molecule has 0 fully saturated rings. The maximum absolute atomic E-state index is 12.6. The second-order valence-corrected chi connectivity index (χ2v) is 10.7. The van der Waals surface area contributed by atoms with Crippen molar-refractivity contribution >= 4 is 37.1 Å². The molecule has 2 heterocycles. The average Bonchev–Trinajstić information content (AvgIpc) is 3.38. The molecule has 0 radical (unpaired) electrons. The number of benzene rings is 2. The Kier molecular flexibility index (Phi) is 4.81. The molecule has 8 nitrogen and oxygen atoms in total. The number of thiophene rings is 1. The van der Waals surface area contributed by atoms with Crippen molar-refractivity contribution in [3.8, 4) is 11.5 Å². The van der Waals surface area contributed by atoms with E-state index in [1.54, 1.807) is 18.2 Å². The molecule has 2 aromatic carbocycles. The normalized spacial score (nSPS) is 13.2. The van der Waals surface area contributed by atoms with Crippen LogP contribution in [0.4, 0.5) is 0 Å². The van der Waals surface area contributed by atoms with E-state index in [1.807, 2.05) is 4.72 Å². The van der Waals surface area contributed by atoms with Crippen molar-refractivity contribution in [2.24, 2.45) is 0 Å². The fourth-order valence-electron chi connectivity index (χ4n) is 2.59. The van der Waals surface area contributed by atoms with Crippen LogP contribution < -0.4 is 14.2 Å². The number of ether oxygens (including phenoxy) is 2. The van der Waals surface area contributed by atoms with Gasteiger partial charge in [-0.2, -0.15) is 0 Å². The summed E-state index contributed by atoms with van der Waals surface area (Å²) in [6, 6.07) is 13.0. The van der Waals surface area contributed by atoms with E-state index in [-0.39, 0.29) is 26.4 Å². The van der Waals surface area contributed by atoms with Gasteiger partial charge in [0.2, 0.25) is 16.6 Å². The van der Waals surface area contributed by atoms with Gasteiger partial charge in [0.25, 0.3) is 15.9 Å². The minimum atomic E-state index is -4.26. The minimum Gasteiger partial charge on any atom is -0.454 e. The summed E-state index contributed by atoms with van der Waals surface area (Å²) in [7, 11) is -8.12. The first-order valence-electron chi connectivity index (χ1n) is 8.13. The van der Waals surface area contributed by atoms with Gasteiger partial charge in [0.05, 0.1) is 9.79 Å². The molecule has 4 rings (SSSR count). The highest BCUT2D eigenvalue weighted by molar-refractivity contribution is 7.93. The Morgan fingerprint density at radius 3 is 2.38 bits per heavy atom. The van der Waals surface area contributed by atoms with E-state index < -0.39 is 25.8 Å². The van der Waals surface area contributed by atoms with Crippen molar-refractivity contribution in [1.82, 2.24) is 4.72 Å². The van der Waals surface area contributed by atoms with Crippen molar-refractivity contribution in [3.63, 3.8) is 0 Å². The molecular weight excluding hydrogens is 438 g/mol. The van der Waals surface area contributed by atoms with Crippen LogP contribution in [0.15, 0.2) is 74.0 Å². The Morgan fingerprint density at radius 1 is 0.897 bits per heavy atom. The molecule has 1 amide bonds. The molecule has 150 valence electrons. The largest absolute Gasteiger partial charge is 0.454 e. The predicted molar refractivity (Wildman–Crippen MR) is 103 cm³/mol. The summed E-state index contributed by atoms with van der Waals surface area (Å²) in [5.74, 6) is -0.0787. The molecular formula is C18H13NO7S3. The number of nitrogens with one attached hydrogen (secondary N) is 1. The molecule has 11 heteroatoms. The Hall–Kier alpha value is -2.89. The van der Waals surface area contributed by atoms with E-state index in [0.29, 0.717) is 22.8 Å². The van der Waals surface area contributed by atoms with Gasteiger partial charge in [-0.3, -0.25) is 4.79 Å². The molecule has 0 aliphatic carbocycles. The van der Waals surface area contributed by atoms with E-state index >= 15 is 0 Å². The summed E-state index contributed by atoms with van der Waals surface area (Å²) < 4.78 is 62.3. The fourth-order valence-corrected chi connectivity index (χ4v) is 6.46. The lowest BCUT2D eigenvalue weighted by molar-refractivity contribution is 0.0981. The van der Waals surface area contributed by atoms with Gasteiger partial charge in [0.15, 0.2) is 11.5 Å². The molecule has 29 heavy (non-hydrogen) atoms. The van der Waals surface area contributed by atoms with Gasteiger partial charge < -0.3 is 9.47 Å². The van der Waals surface area contributed by atoms with Crippen molar-refractivity contribution in [1.29, 1.82) is 0 Å². The zero-order chi connectivity index (χ0) is 20.6. The van der Waals surface area contributed by atoms with E-state index in [1.165, 1.54) is 35.7 Å². The Morgan fingerprint density at radius 2 is 1.62 bits per heavy atom. The Labute approximate surface area is 170 Å². The smallest absolute Gasteiger partial charge is 0.273 e. The summed E-state index contributed by atoms with van der Waals surface area (Å²) in [6.45, 7) is 0.0204. The van der Waals surface area contributed by atoms with Crippen LogP contribution >= 0.6 is 11.3 Å². The van der Waals surface area contributed by atoms with Crippen LogP contribution in [0.1, 0.15) is 10.4 Å². The zero-order valence-electron chi connectivity index (χ0n) is 14.6. The van der Waals surface area contributed by atoms with Crippen LogP contribution in [0.25, 0.3) is 0 Å². The van der Waals surface area contributed by atoms with Gasteiger partial charge >= 0.3 is 0 Å². The molecule has 0 saturated heterocycles. The number of carbonyl (C=O) groups is 1. The van der Waals surface area contributed by atoms with Crippen LogP contribution in [0.2, 0.25) is 0 Å². The standard InChI is InChI=1S/C18H13NO7S3/c20-18(12-6-7-15-16(8-12)26-11-25-15)19-29(23,24)17-9-14(10-27-17)28(21,22)13-4-2-1-3-5-13/h1-10H,11H2,(H,19,20). The highest BCUT2D eigenvalue weighted by Gasteiger charge is 2.26. The average molecular weight is 452 g/mol. The predicted octanol–water partition coefficient (Wildman–Crippen LogP) is 2.43. The molecule has 0 unspecified atom stereocenters. The highest BCUT2D eigenvalue weighted by Crippen LogP contribution is 2.33. The van der Waals surface area contributed by atoms with Gasteiger partial charge in [-0.05, 0) is 36.4 Å². The Bertz CT molecular complexity index is 1300. The quantitative estimate of drug-likeness (QED) is 0.633. The molecule has 0 bridgehead atoms. The second kappa shape index (κ2) is 7.17. The summed E-state index contributed by atoms with van der Waals surface area (Å²) in [6.07, 6.45) is 0. The maximum Gasteiger partial charge on any atom is 0.273 e. The number of sulfone groups is 1. The number of carbonyl (C=O) groups excluding carboxylic acids is 1. The van der Waals surface area contributed by atoms with Crippen LogP contribution in [0.5, 0.6) is 11.5 Å². The van der Waals surface area contributed by atoms with Crippen LogP contribution in [-0.2, 0) is 19.9 Å².